The van der Waals surface area contributed by atoms with Gasteiger partial charge in [0.1, 0.15) is 5.75 Å². The third kappa shape index (κ3) is 5.35. The molecule has 0 N–H and O–H groups in total. The Morgan fingerprint density at radius 2 is 1.63 bits per heavy atom. The molecule has 2 heterocycles. The van der Waals surface area contributed by atoms with E-state index in [0.29, 0.717) is 12.6 Å². The molecule has 2 amide bonds. The third-order valence-corrected chi connectivity index (χ3v) is 5.28. The maximum atomic E-state index is 12.4. The van der Waals surface area contributed by atoms with Crippen molar-refractivity contribution in [1.29, 1.82) is 0 Å². The van der Waals surface area contributed by atoms with Crippen molar-refractivity contribution in [1.82, 2.24) is 14.7 Å². The SMILES string of the molecule is CCOC(=O)N1CCC(N2CCN(C(=O)COc3ccccc3)CC2)CC1. The zero-order valence-electron chi connectivity index (χ0n) is 16.0. The lowest BCUT2D eigenvalue weighted by atomic mass is 10.0. The van der Waals surface area contributed by atoms with Gasteiger partial charge in [-0.05, 0) is 31.9 Å². The number of hydrogen-bond donors (Lipinski definition) is 0. The standard InChI is InChI=1S/C20H29N3O4/c1-2-26-20(25)23-10-8-17(9-11-23)21-12-14-22(15-13-21)19(24)16-27-18-6-4-3-5-7-18/h3-7,17H,2,8-16H2,1H3. The van der Waals surface area contributed by atoms with Gasteiger partial charge in [-0.1, -0.05) is 18.2 Å². The molecule has 2 aliphatic heterocycles. The smallest absolute Gasteiger partial charge is 0.409 e. The molecule has 3 rings (SSSR count). The number of carbonyl (C=O) groups is 2. The van der Waals surface area contributed by atoms with E-state index in [2.05, 4.69) is 4.90 Å². The first-order chi connectivity index (χ1) is 13.2. The normalized spacial score (nSPS) is 19.0. The highest BCUT2D eigenvalue weighted by molar-refractivity contribution is 5.77. The highest BCUT2D eigenvalue weighted by Gasteiger charge is 2.30. The predicted molar refractivity (Wildman–Crippen MR) is 102 cm³/mol. The van der Waals surface area contributed by atoms with Crippen molar-refractivity contribution in [2.24, 2.45) is 0 Å². The Balaban J connectivity index is 1.37. The van der Waals surface area contributed by atoms with Crippen molar-refractivity contribution in [2.75, 3.05) is 52.5 Å². The Labute approximate surface area is 160 Å². The summed E-state index contributed by atoms with van der Waals surface area (Å²) in [5.74, 6) is 0.758. The van der Waals surface area contributed by atoms with Crippen LogP contribution < -0.4 is 4.74 Å². The van der Waals surface area contributed by atoms with Crippen molar-refractivity contribution < 1.29 is 19.1 Å². The zero-order valence-corrected chi connectivity index (χ0v) is 16.0. The first-order valence-electron chi connectivity index (χ1n) is 9.78. The fourth-order valence-electron chi connectivity index (χ4n) is 3.72. The van der Waals surface area contributed by atoms with Gasteiger partial charge in [-0.25, -0.2) is 4.79 Å². The number of rotatable bonds is 5. The molecule has 0 unspecified atom stereocenters. The lowest BCUT2D eigenvalue weighted by molar-refractivity contribution is -0.135. The van der Waals surface area contributed by atoms with Gasteiger partial charge in [0.15, 0.2) is 6.61 Å². The average molecular weight is 375 g/mol. The Hall–Kier alpha value is -2.28. The van der Waals surface area contributed by atoms with Gasteiger partial charge >= 0.3 is 6.09 Å². The van der Waals surface area contributed by atoms with Gasteiger partial charge in [-0.15, -0.1) is 0 Å². The summed E-state index contributed by atoms with van der Waals surface area (Å²) in [6.07, 6.45) is 1.72. The summed E-state index contributed by atoms with van der Waals surface area (Å²) in [6.45, 7) is 7.04. The van der Waals surface area contributed by atoms with E-state index in [1.807, 2.05) is 42.2 Å². The molecule has 148 valence electrons. The summed E-state index contributed by atoms with van der Waals surface area (Å²) in [7, 11) is 0. The van der Waals surface area contributed by atoms with Crippen LogP contribution in [0.5, 0.6) is 5.75 Å². The van der Waals surface area contributed by atoms with E-state index >= 15 is 0 Å². The van der Waals surface area contributed by atoms with Crippen molar-refractivity contribution in [3.63, 3.8) is 0 Å². The van der Waals surface area contributed by atoms with Crippen LogP contribution in [0.4, 0.5) is 4.79 Å². The Bertz CT molecular complexity index is 609. The minimum Gasteiger partial charge on any atom is -0.484 e. The van der Waals surface area contributed by atoms with Crippen molar-refractivity contribution in [2.45, 2.75) is 25.8 Å². The van der Waals surface area contributed by atoms with Crippen molar-refractivity contribution >= 4 is 12.0 Å². The first-order valence-corrected chi connectivity index (χ1v) is 9.78. The Morgan fingerprint density at radius 1 is 0.963 bits per heavy atom. The molecule has 2 saturated heterocycles. The number of nitrogens with zero attached hydrogens (tertiary/aromatic N) is 3. The fraction of sp³-hybridized carbons (Fsp3) is 0.600. The summed E-state index contributed by atoms with van der Waals surface area (Å²) in [4.78, 5) is 30.3. The van der Waals surface area contributed by atoms with Gasteiger partial charge in [0.25, 0.3) is 5.91 Å². The molecular weight excluding hydrogens is 346 g/mol. The maximum Gasteiger partial charge on any atom is 0.409 e. The summed E-state index contributed by atoms with van der Waals surface area (Å²) < 4.78 is 10.6. The van der Waals surface area contributed by atoms with Crippen LogP contribution in [0.1, 0.15) is 19.8 Å². The van der Waals surface area contributed by atoms with Crippen molar-refractivity contribution in [3.8, 4) is 5.75 Å². The molecule has 1 aromatic carbocycles. The van der Waals surface area contributed by atoms with Crippen LogP contribution >= 0.6 is 0 Å². The second kappa shape index (κ2) is 9.60. The van der Waals surface area contributed by atoms with Crippen molar-refractivity contribution in [3.05, 3.63) is 30.3 Å². The number of ether oxygens (including phenoxy) is 2. The number of benzene rings is 1. The monoisotopic (exact) mass is 375 g/mol. The highest BCUT2D eigenvalue weighted by atomic mass is 16.6. The van der Waals surface area contributed by atoms with Crippen LogP contribution in [0.2, 0.25) is 0 Å². The van der Waals surface area contributed by atoms with Gasteiger partial charge in [0.2, 0.25) is 0 Å². The molecule has 0 aliphatic carbocycles. The lowest BCUT2D eigenvalue weighted by Gasteiger charge is -2.42. The lowest BCUT2D eigenvalue weighted by Crippen LogP contribution is -2.55. The molecule has 2 aliphatic rings. The van der Waals surface area contributed by atoms with Gasteiger partial charge < -0.3 is 19.3 Å². The average Bonchev–Trinajstić information content (AvgIpc) is 2.73. The Kier molecular flexibility index (Phi) is 6.92. The van der Waals surface area contributed by atoms with Gasteiger partial charge in [-0.3, -0.25) is 9.69 Å². The number of carbonyl (C=O) groups excluding carboxylic acids is 2. The van der Waals surface area contributed by atoms with E-state index in [-0.39, 0.29) is 18.6 Å². The second-order valence-electron chi connectivity index (χ2n) is 6.94. The molecular formula is C20H29N3O4. The molecule has 0 bridgehead atoms. The van der Waals surface area contributed by atoms with Gasteiger partial charge in [0, 0.05) is 45.3 Å². The fourth-order valence-corrected chi connectivity index (χ4v) is 3.72. The van der Waals surface area contributed by atoms with E-state index in [0.717, 1.165) is 57.9 Å². The summed E-state index contributed by atoms with van der Waals surface area (Å²) in [6, 6.07) is 9.90. The quantitative estimate of drug-likeness (QED) is 0.786. The van der Waals surface area contributed by atoms with Crippen LogP contribution in [-0.4, -0.2) is 85.2 Å². The molecule has 7 nitrogen and oxygen atoms in total. The summed E-state index contributed by atoms with van der Waals surface area (Å²) in [5.41, 5.74) is 0. The van der Waals surface area contributed by atoms with Crippen LogP contribution in [-0.2, 0) is 9.53 Å². The third-order valence-electron chi connectivity index (χ3n) is 5.28. The first kappa shape index (κ1) is 19.5. The topological polar surface area (TPSA) is 62.3 Å². The minimum atomic E-state index is -0.204. The molecule has 2 fully saturated rings. The molecule has 1 aromatic rings. The number of piperidine rings is 1. The Morgan fingerprint density at radius 3 is 2.26 bits per heavy atom. The number of hydrogen-bond acceptors (Lipinski definition) is 5. The second-order valence-corrected chi connectivity index (χ2v) is 6.94. The van der Waals surface area contributed by atoms with E-state index in [1.165, 1.54) is 0 Å². The largest absolute Gasteiger partial charge is 0.484 e. The molecule has 7 heteroatoms. The molecule has 0 atom stereocenters. The van der Waals surface area contributed by atoms with Gasteiger partial charge in [0.05, 0.1) is 6.61 Å². The highest BCUT2D eigenvalue weighted by Crippen LogP contribution is 2.19. The predicted octanol–water partition coefficient (Wildman–Crippen LogP) is 1.83. The van der Waals surface area contributed by atoms with Gasteiger partial charge in [-0.2, -0.15) is 0 Å². The summed E-state index contributed by atoms with van der Waals surface area (Å²) >= 11 is 0. The number of likely N-dealkylation sites (tertiary alicyclic amines) is 1. The number of piperazine rings is 1. The van der Waals surface area contributed by atoms with E-state index < -0.39 is 0 Å². The van der Waals surface area contributed by atoms with E-state index in [4.69, 9.17) is 9.47 Å². The van der Waals surface area contributed by atoms with E-state index in [9.17, 15) is 9.59 Å². The maximum absolute atomic E-state index is 12.4. The number of para-hydroxylation sites is 1. The zero-order chi connectivity index (χ0) is 19.1. The van der Waals surface area contributed by atoms with Crippen LogP contribution in [0.25, 0.3) is 0 Å². The number of amides is 2. The molecule has 27 heavy (non-hydrogen) atoms. The summed E-state index contributed by atoms with van der Waals surface area (Å²) in [5, 5.41) is 0. The van der Waals surface area contributed by atoms with Crippen LogP contribution in [0.3, 0.4) is 0 Å². The molecule has 0 spiro atoms. The minimum absolute atomic E-state index is 0.0376. The van der Waals surface area contributed by atoms with Crippen LogP contribution in [0.15, 0.2) is 30.3 Å². The molecule has 0 aromatic heterocycles. The molecule has 0 radical (unpaired) electrons. The van der Waals surface area contributed by atoms with Crippen LogP contribution in [0, 0.1) is 0 Å². The van der Waals surface area contributed by atoms with E-state index in [1.54, 1.807) is 4.90 Å². The molecule has 0 saturated carbocycles.